The molecule has 1 amide bonds. The van der Waals surface area contributed by atoms with E-state index in [1.165, 1.54) is 0 Å². The second kappa shape index (κ2) is 3.94. The highest BCUT2D eigenvalue weighted by Crippen LogP contribution is 2.30. The summed E-state index contributed by atoms with van der Waals surface area (Å²) in [5.41, 5.74) is -1.07. The number of aliphatic imine (C=N–C) groups is 1. The van der Waals surface area contributed by atoms with Crippen molar-refractivity contribution in [1.82, 2.24) is 10.6 Å². The van der Waals surface area contributed by atoms with Gasteiger partial charge in [-0.25, -0.2) is 13.4 Å². The monoisotopic (exact) mass is 273 g/mol. The first-order valence-electron chi connectivity index (χ1n) is 6.02. The minimum absolute atomic E-state index is 0.0344. The zero-order valence-electron chi connectivity index (χ0n) is 10.9. The summed E-state index contributed by atoms with van der Waals surface area (Å²) in [7, 11) is -2.99. The average molecular weight is 273 g/mol. The maximum absolute atomic E-state index is 12.0. The quantitative estimate of drug-likeness (QED) is 0.640. The summed E-state index contributed by atoms with van der Waals surface area (Å²) in [4.78, 5) is 16.4. The third kappa shape index (κ3) is 2.66. The zero-order chi connectivity index (χ0) is 13.6. The second-order valence-electron chi connectivity index (χ2n) is 5.97. The molecular formula is C11H19N3O3S. The van der Waals surface area contributed by atoms with Gasteiger partial charge < -0.3 is 5.32 Å². The Morgan fingerprint density at radius 1 is 1.28 bits per heavy atom. The normalized spacial score (nSPS) is 25.7. The van der Waals surface area contributed by atoms with Crippen LogP contribution in [0.25, 0.3) is 0 Å². The molecule has 18 heavy (non-hydrogen) atoms. The SMILES string of the molecule is CC(C)(C)NC1=NC2(CCS(=O)(=O)CC2)C(=O)N1. The van der Waals surface area contributed by atoms with Crippen molar-refractivity contribution in [2.75, 3.05) is 11.5 Å². The van der Waals surface area contributed by atoms with Gasteiger partial charge in [-0.2, -0.15) is 0 Å². The molecule has 2 heterocycles. The molecule has 0 aromatic heterocycles. The van der Waals surface area contributed by atoms with Crippen molar-refractivity contribution in [2.24, 2.45) is 4.99 Å². The first-order chi connectivity index (χ1) is 8.12. The van der Waals surface area contributed by atoms with Gasteiger partial charge in [-0.3, -0.25) is 10.1 Å². The van der Waals surface area contributed by atoms with Gasteiger partial charge in [-0.15, -0.1) is 0 Å². The standard InChI is InChI=1S/C11H19N3O3S/c1-10(2,3)13-9-12-8(15)11(14-9)4-6-18(16,17)7-5-11/h4-7H2,1-3H3,(H2,12,13,14,15). The summed E-state index contributed by atoms with van der Waals surface area (Å²) in [6.07, 6.45) is 0.549. The molecule has 0 bridgehead atoms. The molecule has 0 atom stereocenters. The fourth-order valence-corrected chi connectivity index (χ4v) is 3.65. The number of sulfone groups is 1. The summed E-state index contributed by atoms with van der Waals surface area (Å²) in [6, 6.07) is 0. The summed E-state index contributed by atoms with van der Waals surface area (Å²) < 4.78 is 22.8. The molecule has 2 N–H and O–H groups in total. The Morgan fingerprint density at radius 3 is 2.33 bits per heavy atom. The molecule has 2 aliphatic heterocycles. The highest BCUT2D eigenvalue weighted by atomic mass is 32.2. The number of amides is 1. The highest BCUT2D eigenvalue weighted by molar-refractivity contribution is 7.91. The molecular weight excluding hydrogens is 254 g/mol. The van der Waals surface area contributed by atoms with Crippen LogP contribution < -0.4 is 10.6 Å². The van der Waals surface area contributed by atoms with E-state index in [1.54, 1.807) is 0 Å². The summed E-state index contributed by atoms with van der Waals surface area (Å²) in [6.45, 7) is 5.91. The average Bonchev–Trinajstić information content (AvgIpc) is 2.46. The lowest BCUT2D eigenvalue weighted by atomic mass is 9.93. The number of nitrogens with one attached hydrogen (secondary N) is 2. The van der Waals surface area contributed by atoms with E-state index in [0.29, 0.717) is 5.96 Å². The molecule has 1 spiro atoms. The molecule has 0 saturated carbocycles. The molecule has 1 saturated heterocycles. The van der Waals surface area contributed by atoms with Gasteiger partial charge in [0.1, 0.15) is 5.54 Å². The van der Waals surface area contributed by atoms with Gasteiger partial charge in [0.25, 0.3) is 5.91 Å². The zero-order valence-corrected chi connectivity index (χ0v) is 11.7. The Labute approximate surface area is 107 Å². The van der Waals surface area contributed by atoms with Gasteiger partial charge in [0.05, 0.1) is 11.5 Å². The van der Waals surface area contributed by atoms with Crippen LogP contribution in [0, 0.1) is 0 Å². The highest BCUT2D eigenvalue weighted by Gasteiger charge is 2.47. The van der Waals surface area contributed by atoms with Crippen LogP contribution in [0.3, 0.4) is 0 Å². The van der Waals surface area contributed by atoms with Crippen LogP contribution in [0.1, 0.15) is 33.6 Å². The third-order valence-corrected chi connectivity index (χ3v) is 4.78. The van der Waals surface area contributed by atoms with Gasteiger partial charge >= 0.3 is 0 Å². The van der Waals surface area contributed by atoms with E-state index in [0.717, 1.165) is 0 Å². The van der Waals surface area contributed by atoms with E-state index >= 15 is 0 Å². The Bertz CT molecular complexity index is 488. The van der Waals surface area contributed by atoms with Crippen LogP contribution in [-0.4, -0.2) is 42.9 Å². The molecule has 2 aliphatic rings. The van der Waals surface area contributed by atoms with Gasteiger partial charge in [0.15, 0.2) is 15.8 Å². The smallest absolute Gasteiger partial charge is 0.254 e. The maximum Gasteiger partial charge on any atom is 0.254 e. The molecule has 0 radical (unpaired) electrons. The van der Waals surface area contributed by atoms with Crippen molar-refractivity contribution < 1.29 is 13.2 Å². The number of carbonyl (C=O) groups excluding carboxylic acids is 1. The minimum Gasteiger partial charge on any atom is -0.351 e. The van der Waals surface area contributed by atoms with Crippen molar-refractivity contribution in [3.8, 4) is 0 Å². The molecule has 6 nitrogen and oxygen atoms in total. The lowest BCUT2D eigenvalue weighted by molar-refractivity contribution is -0.124. The largest absolute Gasteiger partial charge is 0.351 e. The molecule has 2 rings (SSSR count). The molecule has 0 aromatic carbocycles. The molecule has 7 heteroatoms. The Hall–Kier alpha value is -1.11. The minimum atomic E-state index is -2.99. The molecule has 0 aromatic rings. The van der Waals surface area contributed by atoms with Crippen LogP contribution in [-0.2, 0) is 14.6 Å². The number of hydrogen-bond donors (Lipinski definition) is 2. The number of guanidine groups is 1. The number of hydrogen-bond acceptors (Lipinski definition) is 5. The Balaban J connectivity index is 2.17. The molecule has 1 fully saturated rings. The molecule has 0 aliphatic carbocycles. The van der Waals surface area contributed by atoms with E-state index < -0.39 is 15.4 Å². The van der Waals surface area contributed by atoms with Crippen LogP contribution in [0.4, 0.5) is 0 Å². The first-order valence-corrected chi connectivity index (χ1v) is 7.84. The Kier molecular flexibility index (Phi) is 2.92. The fraction of sp³-hybridized carbons (Fsp3) is 0.818. The lowest BCUT2D eigenvalue weighted by Gasteiger charge is -2.27. The number of rotatable bonds is 0. The lowest BCUT2D eigenvalue weighted by Crippen LogP contribution is -2.49. The number of nitrogens with zero attached hydrogens (tertiary/aromatic N) is 1. The van der Waals surface area contributed by atoms with Crippen molar-refractivity contribution in [1.29, 1.82) is 0 Å². The van der Waals surface area contributed by atoms with Crippen molar-refractivity contribution in [2.45, 2.75) is 44.7 Å². The van der Waals surface area contributed by atoms with Gasteiger partial charge in [-0.1, -0.05) is 0 Å². The predicted molar refractivity (Wildman–Crippen MR) is 69.1 cm³/mol. The van der Waals surface area contributed by atoms with Gasteiger partial charge in [0.2, 0.25) is 0 Å². The van der Waals surface area contributed by atoms with E-state index in [4.69, 9.17) is 0 Å². The maximum atomic E-state index is 12.0. The van der Waals surface area contributed by atoms with E-state index in [-0.39, 0.29) is 35.8 Å². The third-order valence-electron chi connectivity index (χ3n) is 3.13. The van der Waals surface area contributed by atoms with Gasteiger partial charge in [0, 0.05) is 5.54 Å². The van der Waals surface area contributed by atoms with Crippen LogP contribution >= 0.6 is 0 Å². The van der Waals surface area contributed by atoms with E-state index in [2.05, 4.69) is 15.6 Å². The first kappa shape index (κ1) is 13.3. The van der Waals surface area contributed by atoms with Crippen molar-refractivity contribution in [3.05, 3.63) is 0 Å². The van der Waals surface area contributed by atoms with Crippen LogP contribution in [0.2, 0.25) is 0 Å². The summed E-state index contributed by atoms with van der Waals surface area (Å²) >= 11 is 0. The molecule has 102 valence electrons. The van der Waals surface area contributed by atoms with Crippen LogP contribution in [0.5, 0.6) is 0 Å². The van der Waals surface area contributed by atoms with E-state index in [1.807, 2.05) is 20.8 Å². The topological polar surface area (TPSA) is 87.6 Å². The Morgan fingerprint density at radius 2 is 1.83 bits per heavy atom. The predicted octanol–water partition coefficient (Wildman–Crippen LogP) is -0.192. The van der Waals surface area contributed by atoms with Crippen molar-refractivity contribution in [3.63, 3.8) is 0 Å². The number of carbonyl (C=O) groups is 1. The second-order valence-corrected chi connectivity index (χ2v) is 8.28. The van der Waals surface area contributed by atoms with Gasteiger partial charge in [-0.05, 0) is 33.6 Å². The fourth-order valence-electron chi connectivity index (χ4n) is 2.15. The summed E-state index contributed by atoms with van der Waals surface area (Å²) in [5.74, 6) is 0.329. The molecule has 0 unspecified atom stereocenters. The van der Waals surface area contributed by atoms with E-state index in [9.17, 15) is 13.2 Å². The summed E-state index contributed by atoms with van der Waals surface area (Å²) in [5, 5.41) is 5.81. The van der Waals surface area contributed by atoms with Crippen LogP contribution in [0.15, 0.2) is 4.99 Å². The van der Waals surface area contributed by atoms with Crippen molar-refractivity contribution >= 4 is 21.7 Å².